The first-order valence-electron chi connectivity index (χ1n) is 3.14. The van der Waals surface area contributed by atoms with E-state index in [4.69, 9.17) is 22.4 Å². The average molecular weight is 187 g/mol. The highest BCUT2D eigenvalue weighted by atomic mass is 35.5. The minimum Gasteiger partial charge on any atom is -0.465 e. The lowest BCUT2D eigenvalue weighted by Gasteiger charge is -2.02. The molecule has 4 N–H and O–H groups in total. The van der Waals surface area contributed by atoms with Gasteiger partial charge in [0.1, 0.15) is 0 Å². The van der Waals surface area contributed by atoms with Gasteiger partial charge in [0.2, 0.25) is 0 Å². The van der Waals surface area contributed by atoms with Crippen LogP contribution in [0.2, 0.25) is 5.02 Å². The fourth-order valence-electron chi connectivity index (χ4n) is 0.808. The summed E-state index contributed by atoms with van der Waals surface area (Å²) in [6.45, 7) is 0. The smallest absolute Gasteiger partial charge is 0.409 e. The lowest BCUT2D eigenvalue weighted by atomic mass is 10.3. The highest BCUT2D eigenvalue weighted by Gasteiger charge is 1.99. The summed E-state index contributed by atoms with van der Waals surface area (Å²) in [6, 6.07) is 4.50. The van der Waals surface area contributed by atoms with Gasteiger partial charge in [-0.15, -0.1) is 0 Å². The van der Waals surface area contributed by atoms with E-state index in [9.17, 15) is 4.79 Å². The van der Waals surface area contributed by atoms with Crippen LogP contribution in [0.5, 0.6) is 0 Å². The molecule has 0 aromatic heterocycles. The zero-order chi connectivity index (χ0) is 9.14. The van der Waals surface area contributed by atoms with Crippen LogP contribution in [0.1, 0.15) is 0 Å². The molecule has 1 aromatic rings. The van der Waals surface area contributed by atoms with Gasteiger partial charge in [0.05, 0.1) is 0 Å². The first-order valence-corrected chi connectivity index (χ1v) is 3.52. The van der Waals surface area contributed by atoms with Gasteiger partial charge in [0.25, 0.3) is 0 Å². The number of nitrogens with one attached hydrogen (secondary N) is 1. The van der Waals surface area contributed by atoms with E-state index in [0.29, 0.717) is 16.4 Å². The Morgan fingerprint density at radius 3 is 2.67 bits per heavy atom. The third-order valence-corrected chi connectivity index (χ3v) is 1.39. The van der Waals surface area contributed by atoms with Gasteiger partial charge in [-0.25, -0.2) is 4.79 Å². The molecule has 1 amide bonds. The molecule has 0 aliphatic carbocycles. The summed E-state index contributed by atoms with van der Waals surface area (Å²) in [5.74, 6) is 0. The van der Waals surface area contributed by atoms with Crippen molar-refractivity contribution in [3.8, 4) is 0 Å². The van der Waals surface area contributed by atoms with E-state index in [0.717, 1.165) is 0 Å². The standard InChI is InChI=1S/C7H7ClN2O2/c8-4-1-5(9)3-6(2-4)10-7(11)12/h1-3,10H,9H2,(H,11,12). The Kier molecular flexibility index (Phi) is 2.40. The minimum atomic E-state index is -1.14. The Bertz CT molecular complexity index is 294. The van der Waals surface area contributed by atoms with Gasteiger partial charge in [-0.1, -0.05) is 11.6 Å². The Balaban J connectivity index is 2.93. The summed E-state index contributed by atoms with van der Waals surface area (Å²) < 4.78 is 0. The fraction of sp³-hybridized carbons (Fsp3) is 0. The van der Waals surface area contributed by atoms with Crippen molar-refractivity contribution in [1.29, 1.82) is 0 Å². The molecule has 0 heterocycles. The third kappa shape index (κ3) is 2.32. The highest BCUT2D eigenvalue weighted by Crippen LogP contribution is 2.20. The second kappa shape index (κ2) is 3.32. The van der Waals surface area contributed by atoms with E-state index in [1.165, 1.54) is 18.2 Å². The molecule has 12 heavy (non-hydrogen) atoms. The van der Waals surface area contributed by atoms with Crippen LogP contribution in [0.25, 0.3) is 0 Å². The number of halogens is 1. The van der Waals surface area contributed by atoms with Gasteiger partial charge >= 0.3 is 6.09 Å². The monoisotopic (exact) mass is 186 g/mol. The first-order chi connectivity index (χ1) is 5.58. The number of carbonyl (C=O) groups is 1. The molecule has 0 fully saturated rings. The van der Waals surface area contributed by atoms with Gasteiger partial charge in [0.15, 0.2) is 0 Å². The molecule has 5 heteroatoms. The molecule has 0 aliphatic rings. The number of nitrogens with two attached hydrogens (primary N) is 1. The van der Waals surface area contributed by atoms with Crippen LogP contribution in [0.4, 0.5) is 16.2 Å². The van der Waals surface area contributed by atoms with Crippen molar-refractivity contribution < 1.29 is 9.90 Å². The summed E-state index contributed by atoms with van der Waals surface area (Å²) in [6.07, 6.45) is -1.14. The molecule has 4 nitrogen and oxygen atoms in total. The van der Waals surface area contributed by atoms with E-state index >= 15 is 0 Å². The molecule has 0 spiro atoms. The Morgan fingerprint density at radius 1 is 1.50 bits per heavy atom. The minimum absolute atomic E-state index is 0.368. The van der Waals surface area contributed by atoms with Gasteiger partial charge in [0, 0.05) is 16.4 Å². The lowest BCUT2D eigenvalue weighted by molar-refractivity contribution is 0.210. The van der Waals surface area contributed by atoms with Crippen LogP contribution < -0.4 is 11.1 Å². The Labute approximate surface area is 73.9 Å². The summed E-state index contributed by atoms with van der Waals surface area (Å²) in [4.78, 5) is 10.2. The topological polar surface area (TPSA) is 75.3 Å². The second-order valence-corrected chi connectivity index (χ2v) is 2.64. The van der Waals surface area contributed by atoms with Crippen LogP contribution >= 0.6 is 11.6 Å². The number of hydrogen-bond acceptors (Lipinski definition) is 2. The van der Waals surface area contributed by atoms with Crippen molar-refractivity contribution in [2.75, 3.05) is 11.1 Å². The summed E-state index contributed by atoms with van der Waals surface area (Å²) in [5, 5.41) is 10.9. The van der Waals surface area contributed by atoms with E-state index in [1.807, 2.05) is 0 Å². The van der Waals surface area contributed by atoms with Gasteiger partial charge in [-0.2, -0.15) is 0 Å². The quantitative estimate of drug-likeness (QED) is 0.588. The molecule has 1 rings (SSSR count). The molecule has 0 atom stereocenters. The van der Waals surface area contributed by atoms with E-state index < -0.39 is 6.09 Å². The van der Waals surface area contributed by atoms with Crippen molar-refractivity contribution in [2.24, 2.45) is 0 Å². The molecule has 64 valence electrons. The normalized spacial score (nSPS) is 9.42. The van der Waals surface area contributed by atoms with Crippen molar-refractivity contribution in [2.45, 2.75) is 0 Å². The molecule has 0 saturated heterocycles. The van der Waals surface area contributed by atoms with Gasteiger partial charge < -0.3 is 10.8 Å². The van der Waals surface area contributed by atoms with Crippen molar-refractivity contribution >= 4 is 29.1 Å². The van der Waals surface area contributed by atoms with Gasteiger partial charge in [-0.3, -0.25) is 5.32 Å². The number of nitrogen functional groups attached to an aromatic ring is 1. The maximum Gasteiger partial charge on any atom is 0.409 e. The third-order valence-electron chi connectivity index (χ3n) is 1.17. The van der Waals surface area contributed by atoms with Crippen LogP contribution in [-0.4, -0.2) is 11.2 Å². The Hall–Kier alpha value is -1.42. The number of carboxylic acid groups (broad SMARTS) is 1. The van der Waals surface area contributed by atoms with Crippen LogP contribution in [0.3, 0.4) is 0 Å². The van der Waals surface area contributed by atoms with Crippen LogP contribution in [0, 0.1) is 0 Å². The van der Waals surface area contributed by atoms with Crippen molar-refractivity contribution in [3.63, 3.8) is 0 Å². The molecule has 0 bridgehead atoms. The van der Waals surface area contributed by atoms with Crippen LogP contribution in [0.15, 0.2) is 18.2 Å². The van der Waals surface area contributed by atoms with Crippen LogP contribution in [-0.2, 0) is 0 Å². The first kappa shape index (κ1) is 8.67. The predicted molar refractivity (Wildman–Crippen MR) is 47.5 cm³/mol. The molecule has 1 aromatic carbocycles. The number of benzene rings is 1. The molecular formula is C7H7ClN2O2. The largest absolute Gasteiger partial charge is 0.465 e. The number of rotatable bonds is 1. The summed E-state index contributed by atoms with van der Waals surface area (Å²) in [7, 11) is 0. The summed E-state index contributed by atoms with van der Waals surface area (Å²) in [5.41, 5.74) is 6.21. The molecule has 0 aliphatic heterocycles. The highest BCUT2D eigenvalue weighted by molar-refractivity contribution is 6.31. The average Bonchev–Trinajstić information content (AvgIpc) is 1.81. The van der Waals surface area contributed by atoms with E-state index in [-0.39, 0.29) is 0 Å². The number of anilines is 2. The fourth-order valence-corrected chi connectivity index (χ4v) is 1.05. The molecular weight excluding hydrogens is 180 g/mol. The maximum atomic E-state index is 10.2. The second-order valence-electron chi connectivity index (χ2n) is 2.20. The lowest BCUT2D eigenvalue weighted by Crippen LogP contribution is -2.07. The van der Waals surface area contributed by atoms with Gasteiger partial charge in [-0.05, 0) is 18.2 Å². The SMILES string of the molecule is Nc1cc(Cl)cc(NC(=O)O)c1. The van der Waals surface area contributed by atoms with E-state index in [2.05, 4.69) is 5.32 Å². The van der Waals surface area contributed by atoms with Crippen molar-refractivity contribution in [3.05, 3.63) is 23.2 Å². The zero-order valence-corrected chi connectivity index (χ0v) is 6.80. The molecule has 0 unspecified atom stereocenters. The maximum absolute atomic E-state index is 10.2. The number of hydrogen-bond donors (Lipinski definition) is 3. The predicted octanol–water partition coefficient (Wildman–Crippen LogP) is 2.01. The zero-order valence-electron chi connectivity index (χ0n) is 6.04. The number of amides is 1. The summed E-state index contributed by atoms with van der Waals surface area (Å²) >= 11 is 5.62. The van der Waals surface area contributed by atoms with Crippen molar-refractivity contribution in [1.82, 2.24) is 0 Å². The molecule has 0 radical (unpaired) electrons. The Morgan fingerprint density at radius 2 is 2.17 bits per heavy atom. The molecule has 0 saturated carbocycles. The van der Waals surface area contributed by atoms with E-state index in [1.54, 1.807) is 0 Å².